The van der Waals surface area contributed by atoms with Crippen LogP contribution in [-0.2, 0) is 14.6 Å². The minimum Gasteiger partial charge on any atom is -0.368 e. The van der Waals surface area contributed by atoms with Gasteiger partial charge in [-0.2, -0.15) is 0 Å². The van der Waals surface area contributed by atoms with Crippen LogP contribution in [0.3, 0.4) is 0 Å². The van der Waals surface area contributed by atoms with Crippen LogP contribution in [0, 0.1) is 0 Å². The van der Waals surface area contributed by atoms with Crippen molar-refractivity contribution >= 4 is 21.7 Å². The number of sulfone groups is 1. The topological polar surface area (TPSA) is 106 Å². The summed E-state index contributed by atoms with van der Waals surface area (Å²) < 4.78 is 22.3. The molecule has 1 rings (SSSR count). The normalized spacial score (nSPS) is 10.9. The molecule has 2 amide bonds. The molecule has 92 valence electrons. The van der Waals surface area contributed by atoms with Gasteiger partial charge in [-0.15, -0.1) is 0 Å². The first-order valence-electron chi connectivity index (χ1n) is 4.67. The number of nitrogens with two attached hydrogens (primary N) is 1. The lowest BCUT2D eigenvalue weighted by Gasteiger charge is -2.03. The molecule has 0 spiro atoms. The molecule has 0 unspecified atom stereocenters. The van der Waals surface area contributed by atoms with Gasteiger partial charge < -0.3 is 11.1 Å². The second-order valence-electron chi connectivity index (χ2n) is 3.45. The third kappa shape index (κ3) is 3.87. The van der Waals surface area contributed by atoms with Crippen molar-refractivity contribution in [3.63, 3.8) is 0 Å². The number of primary amides is 1. The Bertz CT molecular complexity index is 534. The third-order valence-corrected chi connectivity index (χ3v) is 3.10. The third-order valence-electron chi connectivity index (χ3n) is 1.97. The summed E-state index contributed by atoms with van der Waals surface area (Å²) >= 11 is 0. The summed E-state index contributed by atoms with van der Waals surface area (Å²) in [6.07, 6.45) is 1.08. The predicted octanol–water partition coefficient (Wildman–Crippen LogP) is -0.695. The van der Waals surface area contributed by atoms with Crippen molar-refractivity contribution in [3.05, 3.63) is 29.8 Å². The van der Waals surface area contributed by atoms with Crippen molar-refractivity contribution in [3.8, 4) is 0 Å². The van der Waals surface area contributed by atoms with Crippen molar-refractivity contribution < 1.29 is 18.0 Å². The first kappa shape index (κ1) is 13.2. The van der Waals surface area contributed by atoms with E-state index >= 15 is 0 Å². The molecule has 0 bridgehead atoms. The average molecular weight is 256 g/mol. The highest BCUT2D eigenvalue weighted by Gasteiger charge is 2.09. The lowest BCUT2D eigenvalue weighted by atomic mass is 10.2. The van der Waals surface area contributed by atoms with Gasteiger partial charge in [0.2, 0.25) is 5.91 Å². The zero-order chi connectivity index (χ0) is 13.1. The van der Waals surface area contributed by atoms with E-state index in [2.05, 4.69) is 5.32 Å². The van der Waals surface area contributed by atoms with Crippen molar-refractivity contribution in [2.24, 2.45) is 5.73 Å². The van der Waals surface area contributed by atoms with Gasteiger partial charge in [0.1, 0.15) is 0 Å². The molecular formula is C10H12N2O4S. The zero-order valence-corrected chi connectivity index (χ0v) is 9.95. The highest BCUT2D eigenvalue weighted by Crippen LogP contribution is 2.10. The molecule has 6 nitrogen and oxygen atoms in total. The van der Waals surface area contributed by atoms with Crippen LogP contribution in [0.4, 0.5) is 0 Å². The fourth-order valence-corrected chi connectivity index (χ4v) is 1.75. The largest absolute Gasteiger partial charge is 0.368 e. The van der Waals surface area contributed by atoms with E-state index in [4.69, 9.17) is 5.73 Å². The zero-order valence-electron chi connectivity index (χ0n) is 9.14. The Morgan fingerprint density at radius 1 is 1.24 bits per heavy atom. The number of hydrogen-bond donors (Lipinski definition) is 2. The summed E-state index contributed by atoms with van der Waals surface area (Å²) in [4.78, 5) is 22.0. The predicted molar refractivity (Wildman–Crippen MR) is 61.1 cm³/mol. The Labute approximate surface area is 98.7 Å². The minimum atomic E-state index is -3.28. The standard InChI is InChI=1S/C10H12N2O4S/c1-17(15,16)8-4-2-7(3-5-8)10(14)12-6-9(11)13/h2-5H,6H2,1H3,(H2,11,13)(H,12,14). The molecule has 1 aromatic carbocycles. The highest BCUT2D eigenvalue weighted by molar-refractivity contribution is 7.90. The van der Waals surface area contributed by atoms with Crippen LogP contribution in [0.1, 0.15) is 10.4 Å². The summed E-state index contributed by atoms with van der Waals surface area (Å²) in [7, 11) is -3.28. The van der Waals surface area contributed by atoms with Gasteiger partial charge in [0.15, 0.2) is 9.84 Å². The second-order valence-corrected chi connectivity index (χ2v) is 5.46. The van der Waals surface area contributed by atoms with Gasteiger partial charge in [-0.1, -0.05) is 0 Å². The maximum atomic E-state index is 11.4. The Hall–Kier alpha value is -1.89. The Kier molecular flexibility index (Phi) is 3.84. The summed E-state index contributed by atoms with van der Waals surface area (Å²) in [6.45, 7) is -0.257. The van der Waals surface area contributed by atoms with Crippen molar-refractivity contribution in [1.82, 2.24) is 5.32 Å². The van der Waals surface area contributed by atoms with Crippen LogP contribution in [0.2, 0.25) is 0 Å². The number of hydrogen-bond acceptors (Lipinski definition) is 4. The molecule has 0 saturated heterocycles. The van der Waals surface area contributed by atoms with Gasteiger partial charge in [0.25, 0.3) is 5.91 Å². The molecule has 7 heteroatoms. The molecule has 0 heterocycles. The fraction of sp³-hybridized carbons (Fsp3) is 0.200. The molecule has 17 heavy (non-hydrogen) atoms. The molecule has 0 aliphatic rings. The summed E-state index contributed by atoms with van der Waals surface area (Å²) in [5, 5.41) is 2.29. The molecule has 0 aliphatic carbocycles. The van der Waals surface area contributed by atoms with Crippen LogP contribution in [0.15, 0.2) is 29.2 Å². The van der Waals surface area contributed by atoms with E-state index in [0.717, 1.165) is 6.26 Å². The van der Waals surface area contributed by atoms with E-state index in [1.54, 1.807) is 0 Å². The second kappa shape index (κ2) is 4.96. The number of rotatable bonds is 4. The van der Waals surface area contributed by atoms with Crippen LogP contribution >= 0.6 is 0 Å². The SMILES string of the molecule is CS(=O)(=O)c1ccc(C(=O)NCC(N)=O)cc1. The summed E-state index contributed by atoms with van der Waals surface area (Å²) in [6, 6.07) is 5.39. The summed E-state index contributed by atoms with van der Waals surface area (Å²) in [5.41, 5.74) is 5.13. The van der Waals surface area contributed by atoms with Crippen molar-refractivity contribution in [1.29, 1.82) is 0 Å². The molecule has 1 aromatic rings. The van der Waals surface area contributed by atoms with E-state index in [1.807, 2.05) is 0 Å². The van der Waals surface area contributed by atoms with E-state index in [1.165, 1.54) is 24.3 Å². The minimum absolute atomic E-state index is 0.129. The quantitative estimate of drug-likeness (QED) is 0.743. The number of amides is 2. The lowest BCUT2D eigenvalue weighted by molar-refractivity contribution is -0.117. The Morgan fingerprint density at radius 2 is 1.76 bits per heavy atom. The molecule has 0 radical (unpaired) electrons. The van der Waals surface area contributed by atoms with Gasteiger partial charge in [-0.3, -0.25) is 9.59 Å². The average Bonchev–Trinajstić information content (AvgIpc) is 2.25. The van der Waals surface area contributed by atoms with E-state index in [9.17, 15) is 18.0 Å². The number of carbonyl (C=O) groups is 2. The first-order chi connectivity index (χ1) is 7.80. The molecule has 3 N–H and O–H groups in total. The van der Waals surface area contributed by atoms with Gasteiger partial charge in [0.05, 0.1) is 11.4 Å². The summed E-state index contributed by atoms with van der Waals surface area (Å²) in [5.74, 6) is -1.13. The monoisotopic (exact) mass is 256 g/mol. The molecule has 0 aliphatic heterocycles. The number of nitrogens with one attached hydrogen (secondary N) is 1. The van der Waals surface area contributed by atoms with Gasteiger partial charge in [-0.25, -0.2) is 8.42 Å². The Balaban J connectivity index is 2.81. The van der Waals surface area contributed by atoms with Gasteiger partial charge in [0, 0.05) is 11.8 Å². The molecule has 0 aromatic heterocycles. The van der Waals surface area contributed by atoms with Gasteiger partial charge >= 0.3 is 0 Å². The Morgan fingerprint density at radius 3 is 2.18 bits per heavy atom. The molecule has 0 fully saturated rings. The lowest BCUT2D eigenvalue weighted by Crippen LogP contribution is -2.33. The highest BCUT2D eigenvalue weighted by atomic mass is 32.2. The van der Waals surface area contributed by atoms with Crippen molar-refractivity contribution in [2.75, 3.05) is 12.8 Å². The smallest absolute Gasteiger partial charge is 0.251 e. The molecular weight excluding hydrogens is 244 g/mol. The van der Waals surface area contributed by atoms with E-state index in [-0.39, 0.29) is 17.0 Å². The maximum Gasteiger partial charge on any atom is 0.251 e. The fourth-order valence-electron chi connectivity index (χ4n) is 1.12. The van der Waals surface area contributed by atoms with Crippen LogP contribution in [-0.4, -0.2) is 33.0 Å². The van der Waals surface area contributed by atoms with Crippen LogP contribution < -0.4 is 11.1 Å². The van der Waals surface area contributed by atoms with Crippen molar-refractivity contribution in [2.45, 2.75) is 4.90 Å². The molecule has 0 saturated carbocycles. The van der Waals surface area contributed by atoms with Gasteiger partial charge in [-0.05, 0) is 24.3 Å². The number of carbonyl (C=O) groups excluding carboxylic acids is 2. The van der Waals surface area contributed by atoms with E-state index in [0.29, 0.717) is 0 Å². The van der Waals surface area contributed by atoms with Crippen LogP contribution in [0.25, 0.3) is 0 Å². The number of benzene rings is 1. The molecule has 0 atom stereocenters. The first-order valence-corrected chi connectivity index (χ1v) is 6.56. The maximum absolute atomic E-state index is 11.4. The van der Waals surface area contributed by atoms with E-state index < -0.39 is 21.7 Å². The van der Waals surface area contributed by atoms with Crippen LogP contribution in [0.5, 0.6) is 0 Å².